The van der Waals surface area contributed by atoms with Crippen molar-refractivity contribution in [2.45, 2.75) is 6.42 Å². The lowest BCUT2D eigenvalue weighted by molar-refractivity contribution is -0.115. The highest BCUT2D eigenvalue weighted by molar-refractivity contribution is 6.29. The molecule has 0 bridgehead atoms. The normalized spacial score (nSPS) is 10.7. The predicted octanol–water partition coefficient (Wildman–Crippen LogP) is 2.79. The van der Waals surface area contributed by atoms with Crippen molar-refractivity contribution < 1.29 is 4.79 Å². The van der Waals surface area contributed by atoms with E-state index in [4.69, 9.17) is 11.6 Å². The number of amides is 1. The molecule has 0 atom stereocenters. The van der Waals surface area contributed by atoms with Crippen molar-refractivity contribution in [3.8, 4) is 0 Å². The average Bonchev–Trinajstić information content (AvgIpc) is 2.85. The fraction of sp³-hybridized carbons (Fsp3) is 0.0714. The molecule has 3 aromatic rings. The number of hydrogen-bond acceptors (Lipinski definition) is 3. The van der Waals surface area contributed by atoms with Gasteiger partial charge in [-0.2, -0.15) is 0 Å². The van der Waals surface area contributed by atoms with Crippen molar-refractivity contribution in [1.82, 2.24) is 15.0 Å². The number of aromatic nitrogens is 3. The summed E-state index contributed by atoms with van der Waals surface area (Å²) < 4.78 is 0. The van der Waals surface area contributed by atoms with Gasteiger partial charge in [-0.15, -0.1) is 0 Å². The monoisotopic (exact) mass is 286 g/mol. The fourth-order valence-corrected chi connectivity index (χ4v) is 2.11. The van der Waals surface area contributed by atoms with Crippen molar-refractivity contribution in [2.75, 3.05) is 5.32 Å². The van der Waals surface area contributed by atoms with Gasteiger partial charge in [-0.1, -0.05) is 29.8 Å². The lowest BCUT2D eigenvalue weighted by Crippen LogP contribution is -2.15. The molecule has 2 heterocycles. The van der Waals surface area contributed by atoms with Crippen molar-refractivity contribution in [3.05, 3.63) is 53.6 Å². The van der Waals surface area contributed by atoms with Crippen LogP contribution >= 0.6 is 11.6 Å². The first kappa shape index (κ1) is 12.6. The average molecular weight is 287 g/mol. The molecule has 0 radical (unpaired) electrons. The minimum absolute atomic E-state index is 0.147. The Morgan fingerprint density at radius 2 is 2.10 bits per heavy atom. The third kappa shape index (κ3) is 2.62. The molecule has 0 unspecified atom stereocenters. The van der Waals surface area contributed by atoms with Crippen LogP contribution in [0.25, 0.3) is 10.9 Å². The molecule has 0 aliphatic rings. The van der Waals surface area contributed by atoms with E-state index in [0.717, 1.165) is 16.5 Å². The Kier molecular flexibility index (Phi) is 3.35. The smallest absolute Gasteiger partial charge is 0.230 e. The van der Waals surface area contributed by atoms with Gasteiger partial charge in [0.25, 0.3) is 0 Å². The van der Waals surface area contributed by atoms with Crippen LogP contribution in [-0.2, 0) is 11.2 Å². The highest BCUT2D eigenvalue weighted by atomic mass is 35.5. The summed E-state index contributed by atoms with van der Waals surface area (Å²) in [5.41, 5.74) is 1.96. The van der Waals surface area contributed by atoms with E-state index in [1.807, 2.05) is 30.5 Å². The molecular weight excluding hydrogens is 276 g/mol. The second kappa shape index (κ2) is 5.30. The second-order valence-corrected chi connectivity index (χ2v) is 4.70. The zero-order valence-electron chi connectivity index (χ0n) is 10.4. The second-order valence-electron chi connectivity index (χ2n) is 4.31. The summed E-state index contributed by atoms with van der Waals surface area (Å²) in [6, 6.07) is 7.85. The maximum absolute atomic E-state index is 12.0. The number of nitrogens with zero attached hydrogens (tertiary/aromatic N) is 2. The fourth-order valence-electron chi connectivity index (χ4n) is 2.01. The number of halogens is 1. The number of carbonyl (C=O) groups is 1. The Morgan fingerprint density at radius 1 is 1.25 bits per heavy atom. The van der Waals surface area contributed by atoms with Gasteiger partial charge >= 0.3 is 0 Å². The molecule has 0 saturated carbocycles. The Hall–Kier alpha value is -2.40. The van der Waals surface area contributed by atoms with Crippen LogP contribution in [0.2, 0.25) is 5.15 Å². The SMILES string of the molecule is O=C(Cc1c[nH]c2ccccc12)Nc1cnc(Cl)cn1. The molecular formula is C14H11ClN4O. The topological polar surface area (TPSA) is 70.7 Å². The Morgan fingerprint density at radius 3 is 2.90 bits per heavy atom. The number of anilines is 1. The van der Waals surface area contributed by atoms with Gasteiger partial charge in [-0.25, -0.2) is 9.97 Å². The molecule has 1 aromatic carbocycles. The first-order valence-electron chi connectivity index (χ1n) is 6.05. The maximum Gasteiger partial charge on any atom is 0.230 e. The van der Waals surface area contributed by atoms with Gasteiger partial charge in [-0.3, -0.25) is 4.79 Å². The quantitative estimate of drug-likeness (QED) is 0.778. The van der Waals surface area contributed by atoms with Crippen molar-refractivity contribution >= 4 is 34.2 Å². The Labute approximate surface area is 120 Å². The van der Waals surface area contributed by atoms with Crippen molar-refractivity contribution in [2.24, 2.45) is 0 Å². The number of H-pyrrole nitrogens is 1. The van der Waals surface area contributed by atoms with Crippen LogP contribution in [0.4, 0.5) is 5.82 Å². The van der Waals surface area contributed by atoms with Gasteiger partial charge in [0.2, 0.25) is 5.91 Å². The number of benzene rings is 1. The number of nitrogens with one attached hydrogen (secondary N) is 2. The van der Waals surface area contributed by atoms with E-state index in [9.17, 15) is 4.79 Å². The van der Waals surface area contributed by atoms with Crippen LogP contribution in [0.3, 0.4) is 0 Å². The number of hydrogen-bond donors (Lipinski definition) is 2. The summed E-state index contributed by atoms with van der Waals surface area (Å²) in [6.07, 6.45) is 4.93. The number of carbonyl (C=O) groups excluding carboxylic acids is 1. The zero-order chi connectivity index (χ0) is 13.9. The molecule has 2 aromatic heterocycles. The van der Waals surface area contributed by atoms with E-state index in [0.29, 0.717) is 11.0 Å². The van der Waals surface area contributed by atoms with Crippen molar-refractivity contribution in [3.63, 3.8) is 0 Å². The highest BCUT2D eigenvalue weighted by Gasteiger charge is 2.09. The number of aromatic amines is 1. The summed E-state index contributed by atoms with van der Waals surface area (Å²) in [5.74, 6) is 0.241. The lowest BCUT2D eigenvalue weighted by atomic mass is 10.1. The zero-order valence-corrected chi connectivity index (χ0v) is 11.2. The molecule has 1 amide bonds. The summed E-state index contributed by atoms with van der Waals surface area (Å²) in [7, 11) is 0. The molecule has 0 fully saturated rings. The van der Waals surface area contributed by atoms with Gasteiger partial charge in [-0.05, 0) is 11.6 Å². The van der Waals surface area contributed by atoms with E-state index in [2.05, 4.69) is 20.3 Å². The third-order valence-corrected chi connectivity index (χ3v) is 3.11. The Bertz CT molecular complexity index is 751. The molecule has 0 aliphatic carbocycles. The first-order valence-corrected chi connectivity index (χ1v) is 6.42. The molecule has 0 spiro atoms. The Balaban J connectivity index is 1.74. The van der Waals surface area contributed by atoms with Crippen molar-refractivity contribution in [1.29, 1.82) is 0 Å². The van der Waals surface area contributed by atoms with Gasteiger partial charge in [0, 0.05) is 17.1 Å². The number of para-hydroxylation sites is 1. The molecule has 6 heteroatoms. The minimum Gasteiger partial charge on any atom is -0.361 e. The molecule has 2 N–H and O–H groups in total. The van der Waals surface area contributed by atoms with Gasteiger partial charge in [0.05, 0.1) is 18.8 Å². The summed E-state index contributed by atoms with van der Waals surface area (Å²) in [5, 5.41) is 4.02. The van der Waals surface area contributed by atoms with Crippen LogP contribution in [0.15, 0.2) is 42.9 Å². The van der Waals surface area contributed by atoms with E-state index >= 15 is 0 Å². The standard InChI is InChI=1S/C14H11ClN4O/c15-12-7-18-13(8-17-12)19-14(20)5-9-6-16-11-4-2-1-3-10(9)11/h1-4,6-8,16H,5H2,(H,18,19,20). The van der Waals surface area contributed by atoms with Crippen LogP contribution < -0.4 is 5.32 Å². The van der Waals surface area contributed by atoms with Gasteiger partial charge in [0.1, 0.15) is 5.15 Å². The van der Waals surface area contributed by atoms with Gasteiger partial charge in [0.15, 0.2) is 5.82 Å². The van der Waals surface area contributed by atoms with Crippen LogP contribution in [0.5, 0.6) is 0 Å². The van der Waals surface area contributed by atoms with Crippen LogP contribution in [0, 0.1) is 0 Å². The molecule has 3 rings (SSSR count). The van der Waals surface area contributed by atoms with E-state index in [1.165, 1.54) is 12.4 Å². The van der Waals surface area contributed by atoms with E-state index < -0.39 is 0 Å². The molecule has 0 saturated heterocycles. The number of fused-ring (bicyclic) bond motifs is 1. The minimum atomic E-state index is -0.147. The predicted molar refractivity (Wildman–Crippen MR) is 77.7 cm³/mol. The highest BCUT2D eigenvalue weighted by Crippen LogP contribution is 2.18. The lowest BCUT2D eigenvalue weighted by Gasteiger charge is -2.03. The molecule has 5 nitrogen and oxygen atoms in total. The van der Waals surface area contributed by atoms with Crippen LogP contribution in [-0.4, -0.2) is 20.9 Å². The first-order chi connectivity index (χ1) is 9.72. The third-order valence-electron chi connectivity index (χ3n) is 2.91. The molecule has 0 aliphatic heterocycles. The molecule has 20 heavy (non-hydrogen) atoms. The largest absolute Gasteiger partial charge is 0.361 e. The summed E-state index contributed by atoms with van der Waals surface area (Å²) >= 11 is 5.64. The van der Waals surface area contributed by atoms with Gasteiger partial charge < -0.3 is 10.3 Å². The van der Waals surface area contributed by atoms with E-state index in [1.54, 1.807) is 0 Å². The number of rotatable bonds is 3. The summed E-state index contributed by atoms with van der Waals surface area (Å²) in [4.78, 5) is 23.0. The maximum atomic E-state index is 12.0. The molecule has 100 valence electrons. The van der Waals surface area contributed by atoms with Crippen LogP contribution in [0.1, 0.15) is 5.56 Å². The summed E-state index contributed by atoms with van der Waals surface area (Å²) in [6.45, 7) is 0. The van der Waals surface area contributed by atoms with E-state index in [-0.39, 0.29) is 12.3 Å².